The van der Waals surface area contributed by atoms with Gasteiger partial charge in [-0.3, -0.25) is 0 Å². The Hall–Kier alpha value is -1.30. The van der Waals surface area contributed by atoms with Crippen molar-refractivity contribution in [1.82, 2.24) is 15.1 Å². The van der Waals surface area contributed by atoms with E-state index in [9.17, 15) is 9.59 Å². The van der Waals surface area contributed by atoms with Crippen LogP contribution in [0.4, 0.5) is 9.59 Å². The Kier molecular flexibility index (Phi) is 5.75. The number of urea groups is 1. The average molecular weight is 323 g/mol. The van der Waals surface area contributed by atoms with Crippen molar-refractivity contribution in [2.75, 3.05) is 26.2 Å². The van der Waals surface area contributed by atoms with Gasteiger partial charge < -0.3 is 15.0 Å². The van der Waals surface area contributed by atoms with Crippen LogP contribution < -0.4 is 5.32 Å². The number of nitrogens with one attached hydrogen (secondary N) is 1. The van der Waals surface area contributed by atoms with E-state index in [1.807, 2.05) is 0 Å². The zero-order valence-electron chi connectivity index (χ0n) is 14.0. The highest BCUT2D eigenvalue weighted by Crippen LogP contribution is 2.20. The van der Waals surface area contributed by atoms with Crippen LogP contribution in [0.5, 0.6) is 0 Å². The zero-order chi connectivity index (χ0) is 16.1. The maximum atomic E-state index is 12.4. The summed E-state index contributed by atoms with van der Waals surface area (Å²) in [6, 6.07) is 0.763. The predicted molar refractivity (Wildman–Crippen MR) is 87.3 cm³/mol. The third kappa shape index (κ3) is 4.37. The highest BCUT2D eigenvalue weighted by Gasteiger charge is 2.35. The number of cyclic esters (lactones) is 1. The summed E-state index contributed by atoms with van der Waals surface area (Å²) in [7, 11) is 0. The van der Waals surface area contributed by atoms with Crippen molar-refractivity contribution in [3.05, 3.63) is 0 Å². The Morgan fingerprint density at radius 1 is 0.957 bits per heavy atom. The van der Waals surface area contributed by atoms with Crippen LogP contribution >= 0.6 is 0 Å². The number of rotatable bonds is 2. The molecular formula is C17H29N3O3. The van der Waals surface area contributed by atoms with Crippen LogP contribution in [0.1, 0.15) is 57.8 Å². The molecule has 0 bridgehead atoms. The second-order valence-electron chi connectivity index (χ2n) is 7.04. The summed E-state index contributed by atoms with van der Waals surface area (Å²) >= 11 is 0. The van der Waals surface area contributed by atoms with Crippen LogP contribution in [0.3, 0.4) is 0 Å². The van der Waals surface area contributed by atoms with Gasteiger partial charge in [0.05, 0.1) is 6.54 Å². The second kappa shape index (κ2) is 7.99. The lowest BCUT2D eigenvalue weighted by Crippen LogP contribution is -2.45. The molecule has 0 aromatic heterocycles. The van der Waals surface area contributed by atoms with Gasteiger partial charge in [-0.05, 0) is 19.3 Å². The first kappa shape index (κ1) is 16.6. The van der Waals surface area contributed by atoms with Gasteiger partial charge in [0.25, 0.3) is 0 Å². The summed E-state index contributed by atoms with van der Waals surface area (Å²) in [4.78, 5) is 26.9. The van der Waals surface area contributed by atoms with Crippen molar-refractivity contribution in [2.24, 2.45) is 0 Å². The molecule has 1 atom stereocenters. The normalized spacial score (nSPS) is 27.5. The molecule has 6 heteroatoms. The molecule has 1 saturated carbocycles. The topological polar surface area (TPSA) is 61.9 Å². The molecule has 3 rings (SSSR count). The van der Waals surface area contributed by atoms with E-state index in [0.29, 0.717) is 31.8 Å². The third-order valence-electron chi connectivity index (χ3n) is 5.28. The molecule has 2 aliphatic heterocycles. The van der Waals surface area contributed by atoms with Crippen LogP contribution in [-0.2, 0) is 4.74 Å². The fourth-order valence-electron chi connectivity index (χ4n) is 3.94. The van der Waals surface area contributed by atoms with E-state index in [2.05, 4.69) is 5.32 Å². The van der Waals surface area contributed by atoms with Crippen molar-refractivity contribution in [3.8, 4) is 0 Å². The van der Waals surface area contributed by atoms with E-state index < -0.39 is 6.09 Å². The fraction of sp³-hybridized carbons (Fsp3) is 0.882. The summed E-state index contributed by atoms with van der Waals surface area (Å²) in [6.45, 7) is 2.14. The minimum Gasteiger partial charge on any atom is -0.447 e. The number of hydrogen-bond acceptors (Lipinski definition) is 4. The van der Waals surface area contributed by atoms with Crippen molar-refractivity contribution in [2.45, 2.75) is 69.9 Å². The molecule has 3 fully saturated rings. The maximum absolute atomic E-state index is 12.4. The van der Waals surface area contributed by atoms with Gasteiger partial charge in [0.2, 0.25) is 0 Å². The summed E-state index contributed by atoms with van der Waals surface area (Å²) in [6.07, 6.45) is 11.1. The van der Waals surface area contributed by atoms with Crippen LogP contribution in [0.2, 0.25) is 0 Å². The summed E-state index contributed by atoms with van der Waals surface area (Å²) in [5.74, 6) is 0. The van der Waals surface area contributed by atoms with Crippen molar-refractivity contribution in [3.63, 3.8) is 0 Å². The highest BCUT2D eigenvalue weighted by atomic mass is 16.6. The number of hydrogen-bond donors (Lipinski definition) is 1. The minimum absolute atomic E-state index is 0.189. The van der Waals surface area contributed by atoms with Gasteiger partial charge in [-0.25, -0.2) is 14.5 Å². The summed E-state index contributed by atoms with van der Waals surface area (Å²) in [5, 5.41) is 3.77. The van der Waals surface area contributed by atoms with Gasteiger partial charge in [-0.15, -0.1) is 0 Å². The third-order valence-corrected chi connectivity index (χ3v) is 5.28. The van der Waals surface area contributed by atoms with Crippen LogP contribution in [0.25, 0.3) is 0 Å². The summed E-state index contributed by atoms with van der Waals surface area (Å²) < 4.78 is 4.86. The number of nitrogens with zero attached hydrogens (tertiary/aromatic N) is 2. The van der Waals surface area contributed by atoms with Crippen LogP contribution in [-0.4, -0.2) is 60.2 Å². The largest absolute Gasteiger partial charge is 0.447 e. The van der Waals surface area contributed by atoms with Gasteiger partial charge in [0, 0.05) is 25.2 Å². The standard InChI is InChI=1S/C17H29N3O3/c21-16(20-11-12-23-17(20)22)19-10-9-15(13-19)18-14-7-5-3-1-2-4-6-8-14/h14-15,18H,1-13H2/t15-/m0/s1. The first-order valence-electron chi connectivity index (χ1n) is 9.23. The molecule has 3 aliphatic rings. The molecule has 1 N–H and O–H groups in total. The number of carbonyl (C=O) groups is 2. The first-order valence-corrected chi connectivity index (χ1v) is 9.23. The van der Waals surface area contributed by atoms with Crippen LogP contribution in [0.15, 0.2) is 0 Å². The van der Waals surface area contributed by atoms with E-state index in [1.54, 1.807) is 4.90 Å². The Morgan fingerprint density at radius 3 is 2.30 bits per heavy atom. The number of amides is 3. The Labute approximate surface area is 138 Å². The Balaban J connectivity index is 1.46. The molecule has 130 valence electrons. The number of ether oxygens (including phenoxy) is 1. The van der Waals surface area contributed by atoms with E-state index in [-0.39, 0.29) is 6.03 Å². The molecule has 3 amide bonds. The van der Waals surface area contributed by atoms with Crippen molar-refractivity contribution < 1.29 is 14.3 Å². The SMILES string of the molecule is O=C1OCCN1C(=O)N1CC[C@H](NC2CCCCCCCC2)C1. The van der Waals surface area contributed by atoms with Crippen LogP contribution in [0, 0.1) is 0 Å². The van der Waals surface area contributed by atoms with Crippen molar-refractivity contribution in [1.29, 1.82) is 0 Å². The molecular weight excluding hydrogens is 294 g/mol. The lowest BCUT2D eigenvalue weighted by Gasteiger charge is -2.24. The van der Waals surface area contributed by atoms with Crippen molar-refractivity contribution >= 4 is 12.1 Å². The molecule has 6 nitrogen and oxygen atoms in total. The molecule has 2 heterocycles. The molecule has 0 spiro atoms. The molecule has 23 heavy (non-hydrogen) atoms. The smallest absolute Gasteiger partial charge is 0.418 e. The first-order chi connectivity index (χ1) is 11.2. The van der Waals surface area contributed by atoms with Gasteiger partial charge in [-0.1, -0.05) is 38.5 Å². The lowest BCUT2D eigenvalue weighted by molar-refractivity contribution is 0.147. The predicted octanol–water partition coefficient (Wildman–Crippen LogP) is 2.73. The maximum Gasteiger partial charge on any atom is 0.418 e. The number of imide groups is 1. The highest BCUT2D eigenvalue weighted by molar-refractivity contribution is 5.92. The Bertz CT molecular complexity index is 419. The van der Waals surface area contributed by atoms with Gasteiger partial charge >= 0.3 is 12.1 Å². The van der Waals surface area contributed by atoms with Gasteiger partial charge in [0.15, 0.2) is 0 Å². The quantitative estimate of drug-likeness (QED) is 0.849. The number of carbonyl (C=O) groups excluding carboxylic acids is 2. The summed E-state index contributed by atoms with van der Waals surface area (Å²) in [5.41, 5.74) is 0. The van der Waals surface area contributed by atoms with Gasteiger partial charge in [0.1, 0.15) is 6.61 Å². The fourth-order valence-corrected chi connectivity index (χ4v) is 3.94. The number of likely N-dealkylation sites (tertiary alicyclic amines) is 1. The average Bonchev–Trinajstić information content (AvgIpc) is 3.19. The molecule has 1 aliphatic carbocycles. The van der Waals surface area contributed by atoms with Gasteiger partial charge in [-0.2, -0.15) is 0 Å². The second-order valence-corrected chi connectivity index (χ2v) is 7.04. The molecule has 0 aromatic carbocycles. The van der Waals surface area contributed by atoms with E-state index in [0.717, 1.165) is 13.0 Å². The van der Waals surface area contributed by atoms with E-state index in [1.165, 1.54) is 56.3 Å². The van der Waals surface area contributed by atoms with E-state index >= 15 is 0 Å². The monoisotopic (exact) mass is 323 g/mol. The Morgan fingerprint density at radius 2 is 1.65 bits per heavy atom. The lowest BCUT2D eigenvalue weighted by atomic mass is 10.0. The van der Waals surface area contributed by atoms with E-state index in [4.69, 9.17) is 4.74 Å². The molecule has 0 unspecified atom stereocenters. The molecule has 2 saturated heterocycles. The minimum atomic E-state index is -0.498. The molecule has 0 aromatic rings. The molecule has 0 radical (unpaired) electrons. The zero-order valence-corrected chi connectivity index (χ0v) is 14.0.